The van der Waals surface area contributed by atoms with E-state index in [0.29, 0.717) is 25.7 Å². The van der Waals surface area contributed by atoms with Crippen LogP contribution in [0, 0.1) is 5.92 Å². The molecule has 0 aliphatic carbocycles. The summed E-state index contributed by atoms with van der Waals surface area (Å²) in [5.74, 6) is 0.299. The molecule has 3 heteroatoms. The van der Waals surface area contributed by atoms with Crippen molar-refractivity contribution >= 4 is 19.6 Å². The van der Waals surface area contributed by atoms with Crippen molar-refractivity contribution in [2.24, 2.45) is 10.9 Å². The molecule has 2 nitrogen and oxygen atoms in total. The summed E-state index contributed by atoms with van der Waals surface area (Å²) in [5, 5.41) is 10.2. The summed E-state index contributed by atoms with van der Waals surface area (Å²) < 4.78 is 1.28. The van der Waals surface area contributed by atoms with Crippen LogP contribution in [0.4, 0.5) is 0 Å². The second-order valence-corrected chi connectivity index (χ2v) is 7.71. The Morgan fingerprint density at radius 2 is 2.07 bits per heavy atom. The normalized spacial score (nSPS) is 36.5. The van der Waals surface area contributed by atoms with E-state index in [0.717, 1.165) is 6.42 Å². The van der Waals surface area contributed by atoms with Crippen LogP contribution >= 0.6 is 0 Å². The van der Waals surface area contributed by atoms with Crippen LogP contribution in [0.3, 0.4) is 0 Å². The van der Waals surface area contributed by atoms with E-state index in [1.165, 1.54) is 23.9 Å². The molecule has 0 spiro atoms. The third kappa shape index (κ3) is 3.58. The molecule has 1 rings (SSSR count). The van der Waals surface area contributed by atoms with Crippen molar-refractivity contribution in [1.82, 2.24) is 0 Å². The van der Waals surface area contributed by atoms with Gasteiger partial charge in [0.15, 0.2) is 0 Å². The Labute approximate surface area is 99.7 Å². The second-order valence-electron chi connectivity index (χ2n) is 4.67. The second kappa shape index (κ2) is 5.47. The molecule has 0 amide bonds. The Kier molecular flexibility index (Phi) is 4.82. The van der Waals surface area contributed by atoms with Crippen molar-refractivity contribution < 1.29 is 5.11 Å². The van der Waals surface area contributed by atoms with Crippen LogP contribution in [-0.2, 0) is 0 Å². The molecule has 1 N–H and O–H groups in total. The zero-order chi connectivity index (χ0) is 11.5. The quantitative estimate of drug-likeness (QED) is 0.621. The van der Waals surface area contributed by atoms with Gasteiger partial charge in [-0.05, 0) is 0 Å². The first-order valence-corrected chi connectivity index (χ1v) is 7.79. The van der Waals surface area contributed by atoms with E-state index < -0.39 is 5.72 Å². The third-order valence-corrected chi connectivity index (χ3v) is 6.06. The summed E-state index contributed by atoms with van der Waals surface area (Å²) in [6.07, 6.45) is 4.86. The number of unbranched alkanes of at least 4 members (excludes halogenated alkanes) is 2. The Hall–Kier alpha value is 0.149. The van der Waals surface area contributed by atoms with Gasteiger partial charge in [-0.25, -0.2) is 0 Å². The SMILES string of the molecule is CCCCCC1=NC(C)(O)C(C)C(C)[Se]1. The van der Waals surface area contributed by atoms with Crippen LogP contribution in [0.25, 0.3) is 0 Å². The standard InChI is InChI=1S/C12H23NOSe/c1-5-6-7-8-11-13-12(4,14)9(2)10(3)15-11/h9-10,14H,5-8H2,1-4H3. The predicted octanol–water partition coefficient (Wildman–Crippen LogP) is 2.84. The Bertz CT molecular complexity index is 238. The molecule has 15 heavy (non-hydrogen) atoms. The topological polar surface area (TPSA) is 32.6 Å². The number of aliphatic imine (C=N–C) groups is 1. The molecule has 0 bridgehead atoms. The molecule has 3 atom stereocenters. The van der Waals surface area contributed by atoms with Gasteiger partial charge in [0, 0.05) is 0 Å². The molecule has 0 fully saturated rings. The fourth-order valence-corrected chi connectivity index (χ4v) is 4.70. The minimum atomic E-state index is -0.818. The van der Waals surface area contributed by atoms with Crippen LogP contribution in [0.5, 0.6) is 0 Å². The summed E-state index contributed by atoms with van der Waals surface area (Å²) >= 11 is 0.495. The van der Waals surface area contributed by atoms with Gasteiger partial charge in [0.1, 0.15) is 0 Å². The monoisotopic (exact) mass is 277 g/mol. The average Bonchev–Trinajstić information content (AvgIpc) is 2.14. The van der Waals surface area contributed by atoms with Gasteiger partial charge in [-0.2, -0.15) is 0 Å². The van der Waals surface area contributed by atoms with Crippen molar-refractivity contribution in [2.75, 3.05) is 0 Å². The summed E-state index contributed by atoms with van der Waals surface area (Å²) in [6, 6.07) is 0. The van der Waals surface area contributed by atoms with E-state index in [4.69, 9.17) is 0 Å². The van der Waals surface area contributed by atoms with Gasteiger partial charge < -0.3 is 0 Å². The van der Waals surface area contributed by atoms with E-state index in [1.54, 1.807) is 0 Å². The molecule has 88 valence electrons. The predicted molar refractivity (Wildman–Crippen MR) is 66.5 cm³/mol. The fourth-order valence-electron chi connectivity index (χ4n) is 1.78. The van der Waals surface area contributed by atoms with E-state index in [-0.39, 0.29) is 0 Å². The van der Waals surface area contributed by atoms with Gasteiger partial charge in [0.05, 0.1) is 0 Å². The molecule has 1 heterocycles. The first-order valence-electron chi connectivity index (χ1n) is 5.95. The summed E-state index contributed by atoms with van der Waals surface area (Å²) in [5.41, 5.74) is -0.818. The number of hydrogen-bond donors (Lipinski definition) is 1. The van der Waals surface area contributed by atoms with Crippen molar-refractivity contribution in [3.05, 3.63) is 0 Å². The van der Waals surface area contributed by atoms with Crippen LogP contribution < -0.4 is 0 Å². The zero-order valence-corrected chi connectivity index (χ0v) is 12.0. The minimum absolute atomic E-state index is 0.299. The number of hydrogen-bond acceptors (Lipinski definition) is 2. The molecule has 0 aromatic carbocycles. The van der Waals surface area contributed by atoms with Gasteiger partial charge in [0.25, 0.3) is 0 Å². The van der Waals surface area contributed by atoms with Gasteiger partial charge in [-0.3, -0.25) is 0 Å². The van der Waals surface area contributed by atoms with Crippen LogP contribution in [0.15, 0.2) is 4.99 Å². The maximum atomic E-state index is 10.2. The van der Waals surface area contributed by atoms with Crippen LogP contribution in [0.2, 0.25) is 4.82 Å². The van der Waals surface area contributed by atoms with Crippen molar-refractivity contribution in [3.8, 4) is 0 Å². The first kappa shape index (κ1) is 13.2. The van der Waals surface area contributed by atoms with Crippen molar-refractivity contribution in [1.29, 1.82) is 0 Å². The Morgan fingerprint density at radius 3 is 2.60 bits per heavy atom. The number of nitrogens with zero attached hydrogens (tertiary/aromatic N) is 1. The summed E-state index contributed by atoms with van der Waals surface area (Å²) in [4.78, 5) is 5.13. The molecule has 0 aromatic heterocycles. The summed E-state index contributed by atoms with van der Waals surface area (Å²) in [7, 11) is 0. The van der Waals surface area contributed by atoms with Crippen LogP contribution in [0.1, 0.15) is 53.4 Å². The maximum absolute atomic E-state index is 10.2. The Balaban J connectivity index is 2.58. The molecule has 3 unspecified atom stereocenters. The van der Waals surface area contributed by atoms with Crippen molar-refractivity contribution in [2.45, 2.75) is 63.9 Å². The zero-order valence-electron chi connectivity index (χ0n) is 10.3. The number of aliphatic hydroxyl groups is 1. The molecule has 0 aromatic rings. The molecular formula is C12H23NOSe. The van der Waals surface area contributed by atoms with E-state index >= 15 is 0 Å². The molecular weight excluding hydrogens is 253 g/mol. The van der Waals surface area contributed by atoms with Gasteiger partial charge in [0.2, 0.25) is 0 Å². The molecule has 0 saturated heterocycles. The van der Waals surface area contributed by atoms with Gasteiger partial charge in [-0.15, -0.1) is 0 Å². The molecule has 0 saturated carbocycles. The van der Waals surface area contributed by atoms with E-state index in [1.807, 2.05) is 6.92 Å². The molecule has 0 radical (unpaired) electrons. The molecule has 1 aliphatic heterocycles. The van der Waals surface area contributed by atoms with Crippen molar-refractivity contribution in [3.63, 3.8) is 0 Å². The third-order valence-electron chi connectivity index (χ3n) is 3.23. The number of rotatable bonds is 4. The van der Waals surface area contributed by atoms with Gasteiger partial charge in [-0.1, -0.05) is 0 Å². The molecule has 1 aliphatic rings. The van der Waals surface area contributed by atoms with Gasteiger partial charge >= 0.3 is 99.5 Å². The summed E-state index contributed by atoms with van der Waals surface area (Å²) in [6.45, 7) is 8.42. The first-order chi connectivity index (χ1) is 6.97. The Morgan fingerprint density at radius 1 is 1.40 bits per heavy atom. The average molecular weight is 276 g/mol. The fraction of sp³-hybridized carbons (Fsp3) is 0.917. The van der Waals surface area contributed by atoms with E-state index in [9.17, 15) is 5.11 Å². The van der Waals surface area contributed by atoms with E-state index in [2.05, 4.69) is 25.8 Å². The van der Waals surface area contributed by atoms with Crippen LogP contribution in [-0.4, -0.2) is 30.4 Å².